The maximum Gasteiger partial charge on any atom is 0.328 e. The molecular weight excluding hydrogens is 218 g/mol. The monoisotopic (exact) mass is 233 g/mol. The van der Waals surface area contributed by atoms with Gasteiger partial charge in [0.05, 0.1) is 13.7 Å². The number of rotatable bonds is 5. The van der Waals surface area contributed by atoms with Crippen LogP contribution < -0.4 is 10.1 Å². The average Bonchev–Trinajstić information content (AvgIpc) is 2.35. The zero-order chi connectivity index (χ0) is 12.9. The van der Waals surface area contributed by atoms with Gasteiger partial charge in [0.1, 0.15) is 11.3 Å². The Bertz CT molecular complexity index is 450. The summed E-state index contributed by atoms with van der Waals surface area (Å²) in [5.41, 5.74) is -0.718. The molecule has 0 saturated heterocycles. The zero-order valence-corrected chi connectivity index (χ0v) is 9.86. The van der Waals surface area contributed by atoms with Crippen molar-refractivity contribution >= 4 is 5.97 Å². The standard InChI is InChI=1S/C13H15NO3/c1-4-9-14-13(2,12(15)16)10-7-5-6-8-11(10)17-3/h1,5-8,14H,9H2,2-3H3,(H,15,16). The van der Waals surface area contributed by atoms with Gasteiger partial charge in [-0.05, 0) is 13.0 Å². The topological polar surface area (TPSA) is 58.6 Å². The Balaban J connectivity index is 3.23. The second-order valence-corrected chi connectivity index (χ2v) is 3.69. The summed E-state index contributed by atoms with van der Waals surface area (Å²) in [5.74, 6) is 1.88. The van der Waals surface area contributed by atoms with Gasteiger partial charge in [0.2, 0.25) is 0 Å². The number of carboxylic acids is 1. The second kappa shape index (κ2) is 5.37. The first kappa shape index (κ1) is 13.1. The largest absolute Gasteiger partial charge is 0.496 e. The van der Waals surface area contributed by atoms with Gasteiger partial charge in [0, 0.05) is 5.56 Å². The van der Waals surface area contributed by atoms with Crippen molar-refractivity contribution < 1.29 is 14.6 Å². The smallest absolute Gasteiger partial charge is 0.328 e. The average molecular weight is 233 g/mol. The summed E-state index contributed by atoms with van der Waals surface area (Å²) in [5, 5.41) is 12.2. The Labute approximate surface area is 101 Å². The SMILES string of the molecule is C#CCNC(C)(C(=O)O)c1ccccc1OC. The number of nitrogens with one attached hydrogen (secondary N) is 1. The van der Waals surface area contributed by atoms with Crippen molar-refractivity contribution in [3.05, 3.63) is 29.8 Å². The number of benzene rings is 1. The van der Waals surface area contributed by atoms with E-state index in [1.54, 1.807) is 31.2 Å². The molecule has 0 saturated carbocycles. The molecule has 0 aromatic heterocycles. The van der Waals surface area contributed by atoms with Crippen molar-refractivity contribution in [2.75, 3.05) is 13.7 Å². The molecule has 1 unspecified atom stereocenters. The highest BCUT2D eigenvalue weighted by atomic mass is 16.5. The molecule has 1 rings (SSSR count). The number of terminal acetylenes is 1. The highest BCUT2D eigenvalue weighted by Crippen LogP contribution is 2.29. The van der Waals surface area contributed by atoms with E-state index in [0.29, 0.717) is 11.3 Å². The highest BCUT2D eigenvalue weighted by molar-refractivity contribution is 5.81. The molecule has 1 aromatic carbocycles. The molecule has 17 heavy (non-hydrogen) atoms. The van der Waals surface area contributed by atoms with Crippen molar-refractivity contribution in [1.29, 1.82) is 0 Å². The van der Waals surface area contributed by atoms with E-state index in [2.05, 4.69) is 11.2 Å². The lowest BCUT2D eigenvalue weighted by Gasteiger charge is -2.27. The van der Waals surface area contributed by atoms with Gasteiger partial charge >= 0.3 is 5.97 Å². The molecule has 4 heteroatoms. The van der Waals surface area contributed by atoms with Crippen LogP contribution in [0, 0.1) is 12.3 Å². The minimum absolute atomic E-state index is 0.168. The Kier molecular flexibility index (Phi) is 4.13. The van der Waals surface area contributed by atoms with E-state index in [1.807, 2.05) is 0 Å². The highest BCUT2D eigenvalue weighted by Gasteiger charge is 2.36. The lowest BCUT2D eigenvalue weighted by molar-refractivity contribution is -0.144. The number of carbonyl (C=O) groups is 1. The zero-order valence-electron chi connectivity index (χ0n) is 9.86. The van der Waals surface area contributed by atoms with Gasteiger partial charge in [0.15, 0.2) is 0 Å². The molecule has 1 aromatic rings. The van der Waals surface area contributed by atoms with E-state index in [1.165, 1.54) is 7.11 Å². The normalized spacial score (nSPS) is 13.5. The number of methoxy groups -OCH3 is 1. The van der Waals surface area contributed by atoms with Gasteiger partial charge in [-0.2, -0.15) is 0 Å². The van der Waals surface area contributed by atoms with Crippen molar-refractivity contribution in [3.63, 3.8) is 0 Å². The molecule has 0 aliphatic rings. The Morgan fingerprint density at radius 1 is 1.59 bits per heavy atom. The van der Waals surface area contributed by atoms with Crippen molar-refractivity contribution in [3.8, 4) is 18.1 Å². The molecular formula is C13H15NO3. The van der Waals surface area contributed by atoms with E-state index in [-0.39, 0.29) is 6.54 Å². The summed E-state index contributed by atoms with van der Waals surface area (Å²) in [6.07, 6.45) is 5.15. The van der Waals surface area contributed by atoms with Gasteiger partial charge in [-0.15, -0.1) is 6.42 Å². The van der Waals surface area contributed by atoms with Crippen LogP contribution in [0.3, 0.4) is 0 Å². The van der Waals surface area contributed by atoms with E-state index in [9.17, 15) is 9.90 Å². The van der Waals surface area contributed by atoms with E-state index < -0.39 is 11.5 Å². The first-order valence-electron chi connectivity index (χ1n) is 5.11. The number of hydrogen-bond donors (Lipinski definition) is 2. The fourth-order valence-corrected chi connectivity index (χ4v) is 1.57. The van der Waals surface area contributed by atoms with Gasteiger partial charge in [-0.3, -0.25) is 5.32 Å². The summed E-state index contributed by atoms with van der Waals surface area (Å²) in [6.45, 7) is 1.73. The fourth-order valence-electron chi connectivity index (χ4n) is 1.57. The third-order valence-electron chi connectivity index (χ3n) is 2.62. The molecule has 0 radical (unpaired) electrons. The molecule has 0 bridgehead atoms. The van der Waals surface area contributed by atoms with Crippen LogP contribution in [-0.4, -0.2) is 24.7 Å². The number of para-hydroxylation sites is 1. The minimum Gasteiger partial charge on any atom is -0.496 e. The number of hydrogen-bond acceptors (Lipinski definition) is 3. The Morgan fingerprint density at radius 3 is 2.76 bits per heavy atom. The van der Waals surface area contributed by atoms with E-state index >= 15 is 0 Å². The van der Waals surface area contributed by atoms with Gasteiger partial charge in [0.25, 0.3) is 0 Å². The summed E-state index contributed by atoms with van der Waals surface area (Å²) in [4.78, 5) is 11.4. The third-order valence-corrected chi connectivity index (χ3v) is 2.62. The van der Waals surface area contributed by atoms with Crippen LogP contribution in [0.25, 0.3) is 0 Å². The maximum absolute atomic E-state index is 11.4. The summed E-state index contributed by atoms with van der Waals surface area (Å²) >= 11 is 0. The van der Waals surface area contributed by atoms with E-state index in [4.69, 9.17) is 11.2 Å². The van der Waals surface area contributed by atoms with Crippen LogP contribution >= 0.6 is 0 Å². The first-order valence-corrected chi connectivity index (χ1v) is 5.11. The molecule has 4 nitrogen and oxygen atoms in total. The number of aliphatic carboxylic acids is 1. The van der Waals surface area contributed by atoms with Crippen LogP contribution in [0.4, 0.5) is 0 Å². The Morgan fingerprint density at radius 2 is 2.24 bits per heavy atom. The second-order valence-electron chi connectivity index (χ2n) is 3.69. The molecule has 0 aliphatic carbocycles. The summed E-state index contributed by atoms with van der Waals surface area (Å²) in [7, 11) is 1.50. The third kappa shape index (κ3) is 2.58. The maximum atomic E-state index is 11.4. The molecule has 2 N–H and O–H groups in total. The lowest BCUT2D eigenvalue weighted by atomic mass is 9.91. The van der Waals surface area contributed by atoms with Crippen molar-refractivity contribution in [2.24, 2.45) is 0 Å². The van der Waals surface area contributed by atoms with Crippen LogP contribution in [0.15, 0.2) is 24.3 Å². The molecule has 0 fully saturated rings. The predicted molar refractivity (Wildman–Crippen MR) is 64.8 cm³/mol. The molecule has 1 atom stereocenters. The van der Waals surface area contributed by atoms with Crippen molar-refractivity contribution in [1.82, 2.24) is 5.32 Å². The van der Waals surface area contributed by atoms with E-state index in [0.717, 1.165) is 0 Å². The lowest BCUT2D eigenvalue weighted by Crippen LogP contribution is -2.47. The van der Waals surface area contributed by atoms with Gasteiger partial charge in [-0.1, -0.05) is 24.1 Å². The number of carboxylic acid groups (broad SMARTS) is 1. The quantitative estimate of drug-likeness (QED) is 0.751. The molecule has 0 spiro atoms. The molecule has 0 heterocycles. The van der Waals surface area contributed by atoms with Crippen LogP contribution in [0.1, 0.15) is 12.5 Å². The first-order chi connectivity index (χ1) is 8.06. The fraction of sp³-hybridized carbons (Fsp3) is 0.308. The molecule has 0 amide bonds. The summed E-state index contributed by atoms with van der Waals surface area (Å²) in [6, 6.07) is 6.97. The van der Waals surface area contributed by atoms with Gasteiger partial charge < -0.3 is 9.84 Å². The van der Waals surface area contributed by atoms with Crippen molar-refractivity contribution in [2.45, 2.75) is 12.5 Å². The molecule has 0 aliphatic heterocycles. The van der Waals surface area contributed by atoms with Crippen LogP contribution in [0.5, 0.6) is 5.75 Å². The minimum atomic E-state index is -1.26. The Hall–Kier alpha value is -1.99. The van der Waals surface area contributed by atoms with Crippen LogP contribution in [-0.2, 0) is 10.3 Å². The number of ether oxygens (including phenoxy) is 1. The predicted octanol–water partition coefficient (Wildman–Crippen LogP) is 1.22. The summed E-state index contributed by atoms with van der Waals surface area (Å²) < 4.78 is 5.17. The van der Waals surface area contributed by atoms with Crippen LogP contribution in [0.2, 0.25) is 0 Å². The molecule has 90 valence electrons. The van der Waals surface area contributed by atoms with Gasteiger partial charge in [-0.25, -0.2) is 4.79 Å².